The van der Waals surface area contributed by atoms with Crippen LogP contribution in [-0.2, 0) is 13.5 Å². The minimum Gasteiger partial charge on any atom is -0.395 e. The summed E-state index contributed by atoms with van der Waals surface area (Å²) in [6.07, 6.45) is 0.696. The van der Waals surface area contributed by atoms with Gasteiger partial charge in [-0.25, -0.2) is 0 Å². The summed E-state index contributed by atoms with van der Waals surface area (Å²) in [4.78, 5) is 0. The number of aliphatic hydroxyl groups is 1. The van der Waals surface area contributed by atoms with Crippen LogP contribution < -0.4 is 5.73 Å². The van der Waals surface area contributed by atoms with Crippen LogP contribution in [0.3, 0.4) is 0 Å². The maximum absolute atomic E-state index is 8.83. The molecule has 0 bridgehead atoms. The third-order valence-electron chi connectivity index (χ3n) is 2.36. The van der Waals surface area contributed by atoms with Gasteiger partial charge in [-0.2, -0.15) is 5.10 Å². The molecule has 5 heteroatoms. The molecule has 1 rings (SSSR count). The van der Waals surface area contributed by atoms with E-state index in [1.165, 1.54) is 0 Å². The zero-order chi connectivity index (χ0) is 10.0. The van der Waals surface area contributed by atoms with Crippen molar-refractivity contribution in [1.82, 2.24) is 9.78 Å². The molecule has 0 aliphatic heterocycles. The molecule has 1 atom stereocenters. The van der Waals surface area contributed by atoms with E-state index >= 15 is 0 Å². The highest BCUT2D eigenvalue weighted by Gasteiger charge is 2.12. The van der Waals surface area contributed by atoms with Crippen LogP contribution in [0, 0.1) is 13.8 Å². The molecule has 0 fully saturated rings. The average Bonchev–Trinajstić information content (AvgIpc) is 2.32. The zero-order valence-electron chi connectivity index (χ0n) is 8.82. The molecule has 0 saturated heterocycles. The third kappa shape index (κ3) is 2.70. The first kappa shape index (κ1) is 13.4. The highest BCUT2D eigenvalue weighted by atomic mass is 35.5. The second-order valence-electron chi connectivity index (χ2n) is 3.42. The Hall–Kier alpha value is -0.580. The molecule has 1 unspecified atom stereocenters. The fourth-order valence-electron chi connectivity index (χ4n) is 1.44. The van der Waals surface area contributed by atoms with E-state index in [-0.39, 0.29) is 25.1 Å². The molecule has 0 spiro atoms. The first-order valence-corrected chi connectivity index (χ1v) is 4.41. The molecule has 0 radical (unpaired) electrons. The summed E-state index contributed by atoms with van der Waals surface area (Å²) in [6, 6.07) is -0.179. The van der Waals surface area contributed by atoms with Crippen LogP contribution in [-0.4, -0.2) is 27.5 Å². The molecule has 1 aromatic heterocycles. The summed E-state index contributed by atoms with van der Waals surface area (Å²) in [7, 11) is 1.91. The second kappa shape index (κ2) is 5.34. The van der Waals surface area contributed by atoms with E-state index < -0.39 is 0 Å². The third-order valence-corrected chi connectivity index (χ3v) is 2.36. The second-order valence-corrected chi connectivity index (χ2v) is 3.42. The topological polar surface area (TPSA) is 64.1 Å². The smallest absolute Gasteiger partial charge is 0.0628 e. The molecular weight excluding hydrogens is 202 g/mol. The Kier molecular flexibility index (Phi) is 5.12. The van der Waals surface area contributed by atoms with Gasteiger partial charge < -0.3 is 10.8 Å². The zero-order valence-corrected chi connectivity index (χ0v) is 9.64. The molecule has 82 valence electrons. The van der Waals surface area contributed by atoms with E-state index in [4.69, 9.17) is 10.8 Å². The molecule has 0 amide bonds. The predicted octanol–water partition coefficient (Wildman–Crippen LogP) is 0.321. The van der Waals surface area contributed by atoms with Crippen molar-refractivity contribution in [2.24, 2.45) is 12.8 Å². The lowest BCUT2D eigenvalue weighted by atomic mass is 10.1. The van der Waals surface area contributed by atoms with Crippen molar-refractivity contribution in [2.45, 2.75) is 26.3 Å². The van der Waals surface area contributed by atoms with Crippen LogP contribution >= 0.6 is 12.4 Å². The molecule has 1 aromatic rings. The van der Waals surface area contributed by atoms with Gasteiger partial charge in [-0.3, -0.25) is 4.68 Å². The molecule has 0 aliphatic carbocycles. The Bertz CT molecular complexity index is 298. The van der Waals surface area contributed by atoms with Gasteiger partial charge in [0.05, 0.1) is 12.3 Å². The van der Waals surface area contributed by atoms with Gasteiger partial charge in [-0.1, -0.05) is 0 Å². The lowest BCUT2D eigenvalue weighted by Crippen LogP contribution is -2.27. The Balaban J connectivity index is 0.00000169. The normalized spacial score (nSPS) is 12.4. The molecule has 14 heavy (non-hydrogen) atoms. The maximum Gasteiger partial charge on any atom is 0.0628 e. The largest absolute Gasteiger partial charge is 0.395 e. The predicted molar refractivity (Wildman–Crippen MR) is 58.7 cm³/mol. The summed E-state index contributed by atoms with van der Waals surface area (Å²) >= 11 is 0. The quantitative estimate of drug-likeness (QED) is 0.770. The molecule has 0 aromatic carbocycles. The van der Waals surface area contributed by atoms with Crippen LogP contribution in [0.4, 0.5) is 0 Å². The van der Waals surface area contributed by atoms with E-state index in [9.17, 15) is 0 Å². The summed E-state index contributed by atoms with van der Waals surface area (Å²) in [5, 5.41) is 13.1. The van der Waals surface area contributed by atoms with Crippen molar-refractivity contribution in [3.63, 3.8) is 0 Å². The summed E-state index contributed by atoms with van der Waals surface area (Å²) < 4.78 is 1.84. The van der Waals surface area contributed by atoms with Crippen molar-refractivity contribution >= 4 is 12.4 Å². The van der Waals surface area contributed by atoms with Crippen molar-refractivity contribution in [3.8, 4) is 0 Å². The number of aromatic nitrogens is 2. The summed E-state index contributed by atoms with van der Waals surface area (Å²) in [6.45, 7) is 4.00. The van der Waals surface area contributed by atoms with E-state index in [0.29, 0.717) is 6.42 Å². The number of hydrogen-bond donors (Lipinski definition) is 2. The summed E-state index contributed by atoms with van der Waals surface area (Å²) in [5.74, 6) is 0. The van der Waals surface area contributed by atoms with Gasteiger partial charge >= 0.3 is 0 Å². The van der Waals surface area contributed by atoms with Gasteiger partial charge in [0.25, 0.3) is 0 Å². The minimum absolute atomic E-state index is 0. The van der Waals surface area contributed by atoms with Gasteiger partial charge in [0.2, 0.25) is 0 Å². The monoisotopic (exact) mass is 219 g/mol. The van der Waals surface area contributed by atoms with Crippen molar-refractivity contribution in [2.75, 3.05) is 6.61 Å². The first-order valence-electron chi connectivity index (χ1n) is 4.41. The SMILES string of the molecule is Cc1nn(C)c(C)c1CC(N)CO.Cl. The standard InChI is InChI=1S/C9H17N3O.ClH/c1-6-9(4-8(10)5-13)7(2)12(3)11-6;/h8,13H,4-5,10H2,1-3H3;1H. The van der Waals surface area contributed by atoms with Crippen LogP contribution in [0.2, 0.25) is 0 Å². The van der Waals surface area contributed by atoms with Gasteiger partial charge in [0, 0.05) is 18.8 Å². The molecule has 4 nitrogen and oxygen atoms in total. The molecule has 3 N–H and O–H groups in total. The van der Waals surface area contributed by atoms with Crippen LogP contribution in [0.15, 0.2) is 0 Å². The van der Waals surface area contributed by atoms with E-state index in [1.807, 2.05) is 25.6 Å². The number of nitrogens with zero attached hydrogens (tertiary/aromatic N) is 2. The number of aryl methyl sites for hydroxylation is 2. The highest BCUT2D eigenvalue weighted by molar-refractivity contribution is 5.85. The van der Waals surface area contributed by atoms with Gasteiger partial charge in [-0.15, -0.1) is 12.4 Å². The Morgan fingerprint density at radius 1 is 1.50 bits per heavy atom. The number of halogens is 1. The van der Waals surface area contributed by atoms with E-state index in [0.717, 1.165) is 17.0 Å². The summed E-state index contributed by atoms with van der Waals surface area (Å²) in [5.41, 5.74) is 8.95. The van der Waals surface area contributed by atoms with Crippen LogP contribution in [0.1, 0.15) is 17.0 Å². The maximum atomic E-state index is 8.83. The Morgan fingerprint density at radius 3 is 2.43 bits per heavy atom. The van der Waals surface area contributed by atoms with Crippen LogP contribution in [0.25, 0.3) is 0 Å². The van der Waals surface area contributed by atoms with Gasteiger partial charge in [0.15, 0.2) is 0 Å². The fraction of sp³-hybridized carbons (Fsp3) is 0.667. The van der Waals surface area contributed by atoms with E-state index in [1.54, 1.807) is 0 Å². The fourth-order valence-corrected chi connectivity index (χ4v) is 1.44. The van der Waals surface area contributed by atoms with Crippen LogP contribution in [0.5, 0.6) is 0 Å². The lowest BCUT2D eigenvalue weighted by molar-refractivity contribution is 0.265. The molecule has 1 heterocycles. The van der Waals surface area contributed by atoms with E-state index in [2.05, 4.69) is 5.10 Å². The molecule has 0 saturated carbocycles. The van der Waals surface area contributed by atoms with Gasteiger partial charge in [-0.05, 0) is 25.8 Å². The van der Waals surface area contributed by atoms with Crippen molar-refractivity contribution in [3.05, 3.63) is 17.0 Å². The number of aliphatic hydroxyl groups excluding tert-OH is 1. The van der Waals surface area contributed by atoms with Crippen molar-refractivity contribution < 1.29 is 5.11 Å². The molecule has 0 aliphatic rings. The number of hydrogen-bond acceptors (Lipinski definition) is 3. The minimum atomic E-state index is -0.179. The Labute approximate surface area is 90.5 Å². The Morgan fingerprint density at radius 2 is 2.07 bits per heavy atom. The van der Waals surface area contributed by atoms with Crippen molar-refractivity contribution in [1.29, 1.82) is 0 Å². The lowest BCUT2D eigenvalue weighted by Gasteiger charge is -2.07. The number of nitrogens with two attached hydrogens (primary N) is 1. The van der Waals surface area contributed by atoms with Gasteiger partial charge in [0.1, 0.15) is 0 Å². The number of rotatable bonds is 3. The first-order chi connectivity index (χ1) is 6.06. The average molecular weight is 220 g/mol. The highest BCUT2D eigenvalue weighted by Crippen LogP contribution is 2.13. The molecular formula is C9H18ClN3O.